The largest absolute Gasteiger partial charge is 0.303 e. The topological polar surface area (TPSA) is 47.7 Å². The second-order valence-electron chi connectivity index (χ2n) is 2.33. The summed E-state index contributed by atoms with van der Waals surface area (Å²) in [5.41, 5.74) is 1.09. The van der Waals surface area contributed by atoms with Gasteiger partial charge in [-0.25, -0.2) is 0 Å². The summed E-state index contributed by atoms with van der Waals surface area (Å²) < 4.78 is 0. The van der Waals surface area contributed by atoms with Crippen molar-refractivity contribution in [2.24, 2.45) is 5.92 Å². The van der Waals surface area contributed by atoms with Crippen molar-refractivity contribution in [3.8, 4) is 0 Å². The Labute approximate surface area is 62.7 Å². The van der Waals surface area contributed by atoms with Gasteiger partial charge in [-0.3, -0.25) is 0 Å². The van der Waals surface area contributed by atoms with Crippen LogP contribution in [0, 0.1) is 16.7 Å². The summed E-state index contributed by atoms with van der Waals surface area (Å²) >= 11 is 0. The van der Waals surface area contributed by atoms with Crippen molar-refractivity contribution in [3.05, 3.63) is 0 Å². The van der Waals surface area contributed by atoms with Crippen molar-refractivity contribution in [2.75, 3.05) is 0 Å². The molecule has 0 radical (unpaired) electrons. The first-order chi connectivity index (χ1) is 4.72. The Balaban J connectivity index is 0.000000371. The van der Waals surface area contributed by atoms with Gasteiger partial charge in [0, 0.05) is 0 Å². The Morgan fingerprint density at radius 3 is 1.90 bits per heavy atom. The molecule has 0 spiro atoms. The van der Waals surface area contributed by atoms with E-state index in [0.717, 1.165) is 12.8 Å². The summed E-state index contributed by atoms with van der Waals surface area (Å²) in [6.07, 6.45) is 1.83. The average molecular weight is 140 g/mol. The third-order valence-electron chi connectivity index (χ3n) is 1.65. The molecule has 2 nitrogen and oxygen atoms in total. The third-order valence-corrected chi connectivity index (χ3v) is 1.65. The Bertz CT molecular complexity index is 138. The van der Waals surface area contributed by atoms with Crippen LogP contribution in [0.3, 0.4) is 0 Å². The van der Waals surface area contributed by atoms with E-state index < -0.39 is 0 Å². The monoisotopic (exact) mass is 140 g/mol. The number of nitrogens with one attached hydrogen (secondary N) is 2. The maximum absolute atomic E-state index is 7.24. The van der Waals surface area contributed by atoms with E-state index in [1.807, 2.05) is 20.8 Å². The van der Waals surface area contributed by atoms with Crippen LogP contribution in [0.4, 0.5) is 0 Å². The van der Waals surface area contributed by atoms with Crippen LogP contribution in [0.2, 0.25) is 0 Å². The van der Waals surface area contributed by atoms with E-state index in [-0.39, 0.29) is 0 Å². The average Bonchev–Trinajstić information content (AvgIpc) is 2.25. The molecule has 1 aliphatic carbocycles. The van der Waals surface area contributed by atoms with E-state index >= 15 is 0 Å². The molecule has 1 atom stereocenters. The molecule has 2 N–H and O–H groups in total. The molecule has 0 aromatic heterocycles. The summed E-state index contributed by atoms with van der Waals surface area (Å²) in [5, 5.41) is 14.4. The molecular weight excluding hydrogens is 124 g/mol. The predicted molar refractivity (Wildman–Crippen MR) is 45.2 cm³/mol. The standard InChI is InChI=1S/C6H10N2.C2H6/c1-4-2-3-5(7)6(4)8;1-2/h4,7-8H,2-3H2,1H3;1-2H3. The zero-order valence-corrected chi connectivity index (χ0v) is 6.99. The third kappa shape index (κ3) is 1.94. The molecule has 0 bridgehead atoms. The van der Waals surface area contributed by atoms with Gasteiger partial charge in [0.15, 0.2) is 0 Å². The number of hydrogen-bond acceptors (Lipinski definition) is 2. The summed E-state index contributed by atoms with van der Waals surface area (Å²) in [4.78, 5) is 0. The smallest absolute Gasteiger partial charge is 0.0549 e. The van der Waals surface area contributed by atoms with Gasteiger partial charge in [-0.1, -0.05) is 20.8 Å². The molecule has 1 unspecified atom stereocenters. The highest BCUT2D eigenvalue weighted by Crippen LogP contribution is 2.17. The lowest BCUT2D eigenvalue weighted by atomic mass is 10.1. The zero-order valence-electron chi connectivity index (χ0n) is 6.99. The summed E-state index contributed by atoms with van der Waals surface area (Å²) in [5.74, 6) is 0.350. The molecule has 1 fully saturated rings. The van der Waals surface area contributed by atoms with Crippen molar-refractivity contribution >= 4 is 11.4 Å². The first-order valence-electron chi connectivity index (χ1n) is 3.88. The number of rotatable bonds is 0. The van der Waals surface area contributed by atoms with Gasteiger partial charge in [-0.2, -0.15) is 0 Å². The zero-order chi connectivity index (χ0) is 8.15. The Morgan fingerprint density at radius 1 is 1.30 bits per heavy atom. The Kier molecular flexibility index (Phi) is 3.93. The van der Waals surface area contributed by atoms with Crippen LogP contribution in [-0.2, 0) is 0 Å². The van der Waals surface area contributed by atoms with Crippen LogP contribution >= 0.6 is 0 Å². The molecule has 0 aromatic carbocycles. The maximum Gasteiger partial charge on any atom is 0.0549 e. The van der Waals surface area contributed by atoms with Crippen LogP contribution in [-0.4, -0.2) is 11.4 Å². The molecule has 10 heavy (non-hydrogen) atoms. The summed E-state index contributed by atoms with van der Waals surface area (Å²) in [6.45, 7) is 6.00. The van der Waals surface area contributed by atoms with Gasteiger partial charge in [0.2, 0.25) is 0 Å². The van der Waals surface area contributed by atoms with E-state index in [4.69, 9.17) is 10.8 Å². The minimum atomic E-state index is 0.350. The van der Waals surface area contributed by atoms with Gasteiger partial charge in [0.1, 0.15) is 0 Å². The highest BCUT2D eigenvalue weighted by atomic mass is 14.6. The molecule has 0 amide bonds. The lowest BCUT2D eigenvalue weighted by Gasteiger charge is -1.95. The molecule has 0 aromatic rings. The minimum absolute atomic E-state index is 0.350. The molecule has 1 rings (SSSR count). The summed E-state index contributed by atoms with van der Waals surface area (Å²) in [6, 6.07) is 0. The molecule has 0 saturated heterocycles. The van der Waals surface area contributed by atoms with Gasteiger partial charge in [0.25, 0.3) is 0 Å². The van der Waals surface area contributed by atoms with Crippen LogP contribution in [0.5, 0.6) is 0 Å². The fourth-order valence-corrected chi connectivity index (χ4v) is 0.937. The van der Waals surface area contributed by atoms with Crippen molar-refractivity contribution in [2.45, 2.75) is 33.6 Å². The lowest BCUT2D eigenvalue weighted by Crippen LogP contribution is -2.07. The van der Waals surface area contributed by atoms with Crippen molar-refractivity contribution < 1.29 is 0 Å². The van der Waals surface area contributed by atoms with Crippen LogP contribution in [0.1, 0.15) is 33.6 Å². The first-order valence-corrected chi connectivity index (χ1v) is 3.88. The number of hydrogen-bond donors (Lipinski definition) is 2. The fourth-order valence-electron chi connectivity index (χ4n) is 0.937. The second-order valence-corrected chi connectivity index (χ2v) is 2.33. The van der Waals surface area contributed by atoms with Gasteiger partial charge < -0.3 is 10.8 Å². The molecule has 0 heterocycles. The van der Waals surface area contributed by atoms with Gasteiger partial charge in [0.05, 0.1) is 11.4 Å². The van der Waals surface area contributed by atoms with Gasteiger partial charge >= 0.3 is 0 Å². The SMILES string of the molecule is CC.CC1CCC(=N)C1=N. The van der Waals surface area contributed by atoms with E-state index in [1.165, 1.54) is 0 Å². The molecule has 2 heteroatoms. The molecule has 58 valence electrons. The Morgan fingerprint density at radius 2 is 1.80 bits per heavy atom. The van der Waals surface area contributed by atoms with Crippen LogP contribution in [0.15, 0.2) is 0 Å². The minimum Gasteiger partial charge on any atom is -0.303 e. The van der Waals surface area contributed by atoms with Crippen molar-refractivity contribution in [1.82, 2.24) is 0 Å². The maximum atomic E-state index is 7.24. The van der Waals surface area contributed by atoms with Crippen LogP contribution < -0.4 is 0 Å². The second kappa shape index (κ2) is 4.20. The van der Waals surface area contributed by atoms with E-state index in [2.05, 4.69) is 0 Å². The van der Waals surface area contributed by atoms with Crippen molar-refractivity contribution in [1.29, 1.82) is 10.8 Å². The van der Waals surface area contributed by atoms with Crippen molar-refractivity contribution in [3.63, 3.8) is 0 Å². The lowest BCUT2D eigenvalue weighted by molar-refractivity contribution is 0.744. The Hall–Kier alpha value is -0.660. The molecule has 0 aliphatic heterocycles. The molecular formula is C8H16N2. The van der Waals surface area contributed by atoms with Gasteiger partial charge in [-0.05, 0) is 18.8 Å². The fraction of sp³-hybridized carbons (Fsp3) is 0.750. The molecule has 1 aliphatic rings. The first kappa shape index (κ1) is 9.34. The highest BCUT2D eigenvalue weighted by molar-refractivity contribution is 6.42. The van der Waals surface area contributed by atoms with Crippen LogP contribution in [0.25, 0.3) is 0 Å². The quantitative estimate of drug-likeness (QED) is 0.519. The molecule has 1 saturated carbocycles. The van der Waals surface area contributed by atoms with E-state index in [0.29, 0.717) is 17.3 Å². The normalized spacial score (nSPS) is 24.1. The predicted octanol–water partition coefficient (Wildman–Crippen LogP) is 2.48. The van der Waals surface area contributed by atoms with E-state index in [1.54, 1.807) is 0 Å². The van der Waals surface area contributed by atoms with E-state index in [9.17, 15) is 0 Å². The highest BCUT2D eigenvalue weighted by Gasteiger charge is 2.20. The summed E-state index contributed by atoms with van der Waals surface area (Å²) in [7, 11) is 0. The van der Waals surface area contributed by atoms with Gasteiger partial charge in [-0.15, -0.1) is 0 Å².